The average molecular weight is 349 g/mol. The molecule has 0 radical (unpaired) electrons. The molecular formula is C15H25ClN2O3S. The quantitative estimate of drug-likeness (QED) is 0.792. The van der Waals surface area contributed by atoms with E-state index in [0.717, 1.165) is 19.4 Å². The first kappa shape index (κ1) is 19.2. The van der Waals surface area contributed by atoms with Crippen LogP contribution in [0.5, 0.6) is 5.75 Å². The number of halogens is 1. The fourth-order valence-corrected chi connectivity index (χ4v) is 3.28. The summed E-state index contributed by atoms with van der Waals surface area (Å²) < 4.78 is 32.6. The van der Waals surface area contributed by atoms with Gasteiger partial charge in [0.1, 0.15) is 5.75 Å². The summed E-state index contributed by atoms with van der Waals surface area (Å²) in [4.78, 5) is 0.275. The van der Waals surface area contributed by atoms with Crippen molar-refractivity contribution < 1.29 is 13.2 Å². The van der Waals surface area contributed by atoms with Crippen LogP contribution in [0, 0.1) is 5.92 Å². The Labute approximate surface area is 139 Å². The van der Waals surface area contributed by atoms with Crippen LogP contribution in [0.4, 0.5) is 0 Å². The smallest absolute Gasteiger partial charge is 0.240 e. The summed E-state index contributed by atoms with van der Waals surface area (Å²) >= 11 is 0. The van der Waals surface area contributed by atoms with Gasteiger partial charge in [0.2, 0.25) is 10.0 Å². The van der Waals surface area contributed by atoms with E-state index in [1.165, 1.54) is 0 Å². The van der Waals surface area contributed by atoms with Crippen LogP contribution in [0.1, 0.15) is 26.7 Å². The van der Waals surface area contributed by atoms with Crippen molar-refractivity contribution in [2.45, 2.75) is 37.6 Å². The summed E-state index contributed by atoms with van der Waals surface area (Å²) in [5.74, 6) is 1.13. The zero-order valence-electron chi connectivity index (χ0n) is 13.0. The second kappa shape index (κ2) is 8.72. The molecule has 1 aliphatic heterocycles. The van der Waals surface area contributed by atoms with E-state index in [-0.39, 0.29) is 23.3 Å². The highest BCUT2D eigenvalue weighted by Crippen LogP contribution is 2.17. The van der Waals surface area contributed by atoms with Crippen molar-refractivity contribution in [2.24, 2.45) is 5.92 Å². The lowest BCUT2D eigenvalue weighted by atomic mass is 10.2. The fourth-order valence-electron chi connectivity index (χ4n) is 2.20. The summed E-state index contributed by atoms with van der Waals surface area (Å²) in [5.41, 5.74) is 0. The molecule has 7 heteroatoms. The second-order valence-electron chi connectivity index (χ2n) is 5.82. The van der Waals surface area contributed by atoms with E-state index in [1.807, 2.05) is 0 Å². The van der Waals surface area contributed by atoms with Gasteiger partial charge in [0.15, 0.2) is 0 Å². The van der Waals surface area contributed by atoms with Crippen molar-refractivity contribution in [3.63, 3.8) is 0 Å². The predicted molar refractivity (Wildman–Crippen MR) is 90.2 cm³/mol. The van der Waals surface area contributed by atoms with Crippen LogP contribution in [0.25, 0.3) is 0 Å². The van der Waals surface area contributed by atoms with Crippen LogP contribution in [-0.2, 0) is 10.0 Å². The molecule has 0 aromatic heterocycles. The Balaban J connectivity index is 0.00000242. The largest absolute Gasteiger partial charge is 0.493 e. The van der Waals surface area contributed by atoms with Crippen LogP contribution >= 0.6 is 12.4 Å². The molecule has 0 spiro atoms. The average Bonchev–Trinajstić information content (AvgIpc) is 2.97. The molecule has 1 unspecified atom stereocenters. The van der Waals surface area contributed by atoms with Gasteiger partial charge in [0.25, 0.3) is 0 Å². The van der Waals surface area contributed by atoms with Gasteiger partial charge in [-0.05, 0) is 49.6 Å². The van der Waals surface area contributed by atoms with E-state index < -0.39 is 10.0 Å². The molecule has 1 fully saturated rings. The van der Waals surface area contributed by atoms with Gasteiger partial charge in [0.05, 0.1) is 11.5 Å². The molecule has 1 saturated heterocycles. The maximum Gasteiger partial charge on any atom is 0.240 e. The van der Waals surface area contributed by atoms with Crippen LogP contribution in [0.15, 0.2) is 29.2 Å². The Bertz CT molecular complexity index is 540. The highest BCUT2D eigenvalue weighted by Gasteiger charge is 2.19. The van der Waals surface area contributed by atoms with Gasteiger partial charge in [-0.3, -0.25) is 0 Å². The Kier molecular flexibility index (Phi) is 7.62. The lowest BCUT2D eigenvalue weighted by Crippen LogP contribution is -2.37. The van der Waals surface area contributed by atoms with Crippen LogP contribution < -0.4 is 14.8 Å². The maximum atomic E-state index is 12.2. The second-order valence-corrected chi connectivity index (χ2v) is 7.59. The molecule has 1 aliphatic rings. The summed E-state index contributed by atoms with van der Waals surface area (Å²) in [5, 5.41) is 3.27. The van der Waals surface area contributed by atoms with E-state index in [9.17, 15) is 8.42 Å². The first-order valence-corrected chi connectivity index (χ1v) is 8.91. The third-order valence-corrected chi connectivity index (χ3v) is 4.84. The van der Waals surface area contributed by atoms with Crippen LogP contribution in [-0.4, -0.2) is 34.2 Å². The van der Waals surface area contributed by atoms with Crippen molar-refractivity contribution in [1.82, 2.24) is 10.0 Å². The molecule has 2 N–H and O–H groups in total. The zero-order valence-corrected chi connectivity index (χ0v) is 14.7. The van der Waals surface area contributed by atoms with Crippen molar-refractivity contribution >= 4 is 22.4 Å². The van der Waals surface area contributed by atoms with Gasteiger partial charge < -0.3 is 10.1 Å². The van der Waals surface area contributed by atoms with E-state index in [1.54, 1.807) is 24.3 Å². The van der Waals surface area contributed by atoms with E-state index in [0.29, 0.717) is 24.8 Å². The number of rotatable bonds is 7. The minimum atomic E-state index is -3.44. The summed E-state index contributed by atoms with van der Waals surface area (Å²) in [6.45, 7) is 6.17. The number of nitrogens with one attached hydrogen (secondary N) is 2. The van der Waals surface area contributed by atoms with Crippen molar-refractivity contribution in [3.8, 4) is 5.75 Å². The van der Waals surface area contributed by atoms with Gasteiger partial charge >= 0.3 is 0 Å². The molecule has 22 heavy (non-hydrogen) atoms. The zero-order chi connectivity index (χ0) is 15.3. The number of sulfonamides is 1. The predicted octanol–water partition coefficient (Wildman–Crippen LogP) is 2.17. The fraction of sp³-hybridized carbons (Fsp3) is 0.600. The Morgan fingerprint density at radius 1 is 1.32 bits per heavy atom. The first-order chi connectivity index (χ1) is 9.97. The lowest BCUT2D eigenvalue weighted by molar-refractivity contribution is 0.271. The minimum absolute atomic E-state index is 0. The SMILES string of the molecule is CC(C)COc1ccc(S(=O)(=O)NCC2CCCN2)cc1.Cl. The summed E-state index contributed by atoms with van der Waals surface area (Å²) in [6.07, 6.45) is 2.12. The summed E-state index contributed by atoms with van der Waals surface area (Å²) in [6, 6.07) is 6.81. The maximum absolute atomic E-state index is 12.2. The minimum Gasteiger partial charge on any atom is -0.493 e. The number of benzene rings is 1. The molecule has 2 rings (SSSR count). The molecule has 0 amide bonds. The molecule has 1 aromatic carbocycles. The third kappa shape index (κ3) is 5.76. The van der Waals surface area contributed by atoms with Crippen molar-refractivity contribution in [3.05, 3.63) is 24.3 Å². The molecule has 5 nitrogen and oxygen atoms in total. The van der Waals surface area contributed by atoms with Crippen LogP contribution in [0.2, 0.25) is 0 Å². The van der Waals surface area contributed by atoms with Gasteiger partial charge in [-0.1, -0.05) is 13.8 Å². The first-order valence-electron chi connectivity index (χ1n) is 7.43. The van der Waals surface area contributed by atoms with Gasteiger partial charge in [-0.15, -0.1) is 12.4 Å². The van der Waals surface area contributed by atoms with Gasteiger partial charge in [-0.2, -0.15) is 0 Å². The Morgan fingerprint density at radius 3 is 2.55 bits per heavy atom. The van der Waals surface area contributed by atoms with Gasteiger partial charge in [0, 0.05) is 12.6 Å². The number of hydrogen-bond acceptors (Lipinski definition) is 4. The van der Waals surface area contributed by atoms with Crippen molar-refractivity contribution in [2.75, 3.05) is 19.7 Å². The van der Waals surface area contributed by atoms with E-state index in [2.05, 4.69) is 23.9 Å². The van der Waals surface area contributed by atoms with Crippen molar-refractivity contribution in [1.29, 1.82) is 0 Å². The molecule has 0 bridgehead atoms. The molecule has 1 heterocycles. The topological polar surface area (TPSA) is 67.4 Å². The highest BCUT2D eigenvalue weighted by molar-refractivity contribution is 7.89. The molecule has 0 aliphatic carbocycles. The lowest BCUT2D eigenvalue weighted by Gasteiger charge is -2.13. The Morgan fingerprint density at radius 2 is 2.00 bits per heavy atom. The molecule has 0 saturated carbocycles. The number of hydrogen-bond donors (Lipinski definition) is 2. The Hall–Kier alpha value is -0.820. The summed E-state index contributed by atoms with van der Waals surface area (Å²) in [7, 11) is -3.44. The third-order valence-electron chi connectivity index (χ3n) is 3.40. The molecular weight excluding hydrogens is 324 g/mol. The van der Waals surface area contributed by atoms with Gasteiger partial charge in [-0.25, -0.2) is 13.1 Å². The van der Waals surface area contributed by atoms with E-state index in [4.69, 9.17) is 4.74 Å². The highest BCUT2D eigenvalue weighted by atomic mass is 35.5. The van der Waals surface area contributed by atoms with Crippen LogP contribution in [0.3, 0.4) is 0 Å². The monoisotopic (exact) mass is 348 g/mol. The normalized spacial score (nSPS) is 18.2. The standard InChI is InChI=1S/C15H24N2O3S.ClH/c1-12(2)11-20-14-5-7-15(8-6-14)21(18,19)17-10-13-4-3-9-16-13;/h5-8,12-13,16-17H,3-4,9-11H2,1-2H3;1H. The molecule has 1 atom stereocenters. The molecule has 1 aromatic rings. The molecule has 126 valence electrons. The van der Waals surface area contributed by atoms with E-state index >= 15 is 0 Å². The number of ether oxygens (including phenoxy) is 1.